The maximum Gasteiger partial charge on any atom is 0.262 e. The third-order valence-corrected chi connectivity index (χ3v) is 5.68. The first-order chi connectivity index (χ1) is 14.6. The molecule has 6 heteroatoms. The highest BCUT2D eigenvalue weighted by molar-refractivity contribution is 6.03. The van der Waals surface area contributed by atoms with E-state index in [0.717, 1.165) is 29.3 Å². The zero-order valence-corrected chi connectivity index (χ0v) is 17.3. The SMILES string of the molecule is CCC1CCCCN1c1cccc2ccc(/C=C(\C#N)C(=O)NCC(O)CO)cc12. The molecule has 1 aliphatic rings. The summed E-state index contributed by atoms with van der Waals surface area (Å²) in [6.45, 7) is 2.71. The van der Waals surface area contributed by atoms with Gasteiger partial charge in [-0.25, -0.2) is 0 Å². The highest BCUT2D eigenvalue weighted by atomic mass is 16.3. The van der Waals surface area contributed by atoms with Gasteiger partial charge in [-0.1, -0.05) is 31.2 Å². The maximum atomic E-state index is 12.3. The molecule has 1 saturated heterocycles. The maximum absolute atomic E-state index is 12.3. The first-order valence-electron chi connectivity index (χ1n) is 10.6. The molecule has 2 atom stereocenters. The number of aliphatic hydroxyl groups excluding tert-OH is 2. The van der Waals surface area contributed by atoms with Crippen molar-refractivity contribution >= 4 is 28.4 Å². The average molecular weight is 408 g/mol. The second-order valence-electron chi connectivity index (χ2n) is 7.73. The van der Waals surface area contributed by atoms with Gasteiger partial charge in [0.25, 0.3) is 5.91 Å². The van der Waals surface area contributed by atoms with Gasteiger partial charge in [0.15, 0.2) is 0 Å². The topological polar surface area (TPSA) is 96.6 Å². The molecule has 0 bridgehead atoms. The summed E-state index contributed by atoms with van der Waals surface area (Å²) in [4.78, 5) is 14.7. The Hall–Kier alpha value is -2.88. The molecule has 1 amide bonds. The van der Waals surface area contributed by atoms with Crippen LogP contribution < -0.4 is 10.2 Å². The number of aliphatic hydroxyl groups is 2. The summed E-state index contributed by atoms with van der Waals surface area (Å²) in [5, 5.41) is 32.4. The number of benzene rings is 2. The van der Waals surface area contributed by atoms with Crippen molar-refractivity contribution in [3.63, 3.8) is 0 Å². The van der Waals surface area contributed by atoms with Crippen molar-refractivity contribution in [1.29, 1.82) is 5.26 Å². The van der Waals surface area contributed by atoms with Gasteiger partial charge in [0.2, 0.25) is 0 Å². The van der Waals surface area contributed by atoms with E-state index in [2.05, 4.69) is 35.3 Å². The molecule has 2 unspecified atom stereocenters. The summed E-state index contributed by atoms with van der Waals surface area (Å²) in [6.07, 6.45) is 5.27. The third-order valence-electron chi connectivity index (χ3n) is 5.68. The third kappa shape index (κ3) is 4.99. The smallest absolute Gasteiger partial charge is 0.262 e. The lowest BCUT2D eigenvalue weighted by molar-refractivity contribution is -0.117. The lowest BCUT2D eigenvalue weighted by Crippen LogP contribution is -2.39. The van der Waals surface area contributed by atoms with Crippen LogP contribution in [0.1, 0.15) is 38.2 Å². The van der Waals surface area contributed by atoms with E-state index in [0.29, 0.717) is 6.04 Å². The van der Waals surface area contributed by atoms with Crippen molar-refractivity contribution in [2.24, 2.45) is 0 Å². The molecule has 3 N–H and O–H groups in total. The van der Waals surface area contributed by atoms with Crippen LogP contribution in [0.4, 0.5) is 5.69 Å². The van der Waals surface area contributed by atoms with Crippen LogP contribution in [0.15, 0.2) is 42.0 Å². The van der Waals surface area contributed by atoms with Gasteiger partial charge in [0, 0.05) is 30.2 Å². The lowest BCUT2D eigenvalue weighted by atomic mass is 9.96. The van der Waals surface area contributed by atoms with E-state index >= 15 is 0 Å². The van der Waals surface area contributed by atoms with Gasteiger partial charge < -0.3 is 20.4 Å². The van der Waals surface area contributed by atoms with Gasteiger partial charge >= 0.3 is 0 Å². The molecule has 6 nitrogen and oxygen atoms in total. The Morgan fingerprint density at radius 3 is 2.93 bits per heavy atom. The summed E-state index contributed by atoms with van der Waals surface area (Å²) in [7, 11) is 0. The summed E-state index contributed by atoms with van der Waals surface area (Å²) in [5.74, 6) is -0.569. The van der Waals surface area contributed by atoms with Gasteiger partial charge in [-0.3, -0.25) is 4.79 Å². The Labute approximate surface area is 177 Å². The van der Waals surface area contributed by atoms with Crippen LogP contribution in [-0.2, 0) is 4.79 Å². The number of nitrogens with zero attached hydrogens (tertiary/aromatic N) is 2. The zero-order valence-electron chi connectivity index (χ0n) is 17.3. The average Bonchev–Trinajstić information content (AvgIpc) is 2.80. The van der Waals surface area contributed by atoms with Crippen molar-refractivity contribution in [2.75, 3.05) is 24.6 Å². The van der Waals surface area contributed by atoms with E-state index in [9.17, 15) is 15.2 Å². The minimum atomic E-state index is -1.05. The Kier molecular flexibility index (Phi) is 7.45. The number of nitriles is 1. The predicted molar refractivity (Wildman–Crippen MR) is 119 cm³/mol. The van der Waals surface area contributed by atoms with Crippen LogP contribution in [-0.4, -0.2) is 48.0 Å². The monoisotopic (exact) mass is 407 g/mol. The molecule has 158 valence electrons. The van der Waals surface area contributed by atoms with Crippen molar-refractivity contribution < 1.29 is 15.0 Å². The normalized spacial score (nSPS) is 18.1. The molecule has 1 aliphatic heterocycles. The van der Waals surface area contributed by atoms with Gasteiger partial charge in [0.05, 0.1) is 12.7 Å². The van der Waals surface area contributed by atoms with E-state index in [4.69, 9.17) is 5.11 Å². The molecule has 0 saturated carbocycles. The Balaban J connectivity index is 1.93. The van der Waals surface area contributed by atoms with Crippen molar-refractivity contribution in [2.45, 2.75) is 44.8 Å². The standard InChI is InChI=1S/C24H29N3O3/c1-2-20-7-3-4-11-27(20)23-8-5-6-18-10-9-17(13-22(18)23)12-19(14-25)24(30)26-15-21(29)16-28/h5-6,8-10,12-13,20-21,28-29H,2-4,7,11,15-16H2,1H3,(H,26,30)/b19-12+. The number of amides is 1. The minimum absolute atomic E-state index is 0.0404. The molecule has 1 fully saturated rings. The van der Waals surface area contributed by atoms with Gasteiger partial charge in [0.1, 0.15) is 11.6 Å². The van der Waals surface area contributed by atoms with Crippen molar-refractivity contribution in [3.8, 4) is 6.07 Å². The fraction of sp³-hybridized carbons (Fsp3) is 0.417. The number of hydrogen-bond acceptors (Lipinski definition) is 5. The fourth-order valence-corrected chi connectivity index (χ4v) is 4.04. The molecule has 0 aliphatic carbocycles. The first kappa shape index (κ1) is 21.8. The summed E-state index contributed by atoms with van der Waals surface area (Å²) in [5.41, 5.74) is 1.93. The fourth-order valence-electron chi connectivity index (χ4n) is 4.04. The van der Waals surface area contributed by atoms with Crippen LogP contribution in [0.3, 0.4) is 0 Å². The number of carbonyl (C=O) groups is 1. The molecule has 2 aromatic carbocycles. The summed E-state index contributed by atoms with van der Waals surface area (Å²) < 4.78 is 0. The molecule has 3 rings (SSSR count). The summed E-state index contributed by atoms with van der Waals surface area (Å²) >= 11 is 0. The zero-order chi connectivity index (χ0) is 21.5. The Morgan fingerprint density at radius 2 is 2.20 bits per heavy atom. The highest BCUT2D eigenvalue weighted by Crippen LogP contribution is 2.33. The van der Waals surface area contributed by atoms with Gasteiger partial charge in [-0.15, -0.1) is 0 Å². The van der Waals surface area contributed by atoms with E-state index in [-0.39, 0.29) is 12.1 Å². The van der Waals surface area contributed by atoms with Crippen LogP contribution in [0.2, 0.25) is 0 Å². The molecular weight excluding hydrogens is 378 g/mol. The van der Waals surface area contributed by atoms with E-state index in [1.54, 1.807) is 6.08 Å². The molecule has 0 aromatic heterocycles. The quantitative estimate of drug-likeness (QED) is 0.484. The largest absolute Gasteiger partial charge is 0.394 e. The summed E-state index contributed by atoms with van der Waals surface area (Å²) in [6, 6.07) is 14.7. The number of fused-ring (bicyclic) bond motifs is 1. The number of carbonyl (C=O) groups excluding carboxylic acids is 1. The van der Waals surface area contributed by atoms with E-state index in [1.807, 2.05) is 24.3 Å². The number of hydrogen-bond donors (Lipinski definition) is 3. The molecule has 0 radical (unpaired) electrons. The highest BCUT2D eigenvalue weighted by Gasteiger charge is 2.22. The predicted octanol–water partition coefficient (Wildman–Crippen LogP) is 2.99. The molecule has 0 spiro atoms. The molecule has 30 heavy (non-hydrogen) atoms. The van der Waals surface area contributed by atoms with Gasteiger partial charge in [-0.2, -0.15) is 5.26 Å². The number of piperidine rings is 1. The number of rotatable bonds is 7. The molecular formula is C24H29N3O3. The van der Waals surface area contributed by atoms with E-state index < -0.39 is 18.6 Å². The van der Waals surface area contributed by atoms with Crippen LogP contribution >= 0.6 is 0 Å². The second kappa shape index (κ2) is 10.2. The van der Waals surface area contributed by atoms with Crippen LogP contribution in [0.5, 0.6) is 0 Å². The first-order valence-corrected chi connectivity index (χ1v) is 10.6. The number of anilines is 1. The van der Waals surface area contributed by atoms with Crippen molar-refractivity contribution in [1.82, 2.24) is 5.32 Å². The van der Waals surface area contributed by atoms with Gasteiger partial charge in [-0.05, 0) is 54.8 Å². The molecule has 2 aromatic rings. The Morgan fingerprint density at radius 1 is 1.37 bits per heavy atom. The second-order valence-corrected chi connectivity index (χ2v) is 7.73. The minimum Gasteiger partial charge on any atom is -0.394 e. The molecule has 1 heterocycles. The van der Waals surface area contributed by atoms with Crippen molar-refractivity contribution in [3.05, 3.63) is 47.5 Å². The Bertz CT molecular complexity index is 964. The number of nitrogens with one attached hydrogen (secondary N) is 1. The van der Waals surface area contributed by atoms with E-state index in [1.165, 1.54) is 24.9 Å². The van der Waals surface area contributed by atoms with Crippen LogP contribution in [0, 0.1) is 11.3 Å². The van der Waals surface area contributed by atoms with Crippen LogP contribution in [0.25, 0.3) is 16.8 Å². The lowest BCUT2D eigenvalue weighted by Gasteiger charge is -2.38.